The summed E-state index contributed by atoms with van der Waals surface area (Å²) in [5.74, 6) is -0.512. The van der Waals surface area contributed by atoms with Crippen LogP contribution in [-0.2, 0) is 34.5 Å². The second-order valence-corrected chi connectivity index (χ2v) is 43.0. The highest BCUT2D eigenvalue weighted by Crippen LogP contribution is 2.48. The molecule has 0 fully saturated rings. The highest BCUT2D eigenvalue weighted by atomic mass is 28.4. The molecule has 3 aliphatic rings. The number of nitrogens with one attached hydrogen (secondary N) is 4. The number of unbranched alkanes of at least 4 members (excludes halogenated alkanes) is 2. The topological polar surface area (TPSA) is 290 Å². The molecule has 0 aromatic heterocycles. The Hall–Kier alpha value is -11.4. The Morgan fingerprint density at radius 2 is 1.05 bits per heavy atom. The van der Waals surface area contributed by atoms with Crippen molar-refractivity contribution < 1.29 is 85.4 Å². The van der Waals surface area contributed by atoms with Gasteiger partial charge in [0.25, 0.3) is 11.8 Å². The van der Waals surface area contributed by atoms with E-state index in [9.17, 15) is 29.1 Å². The monoisotopic (exact) mass is 1660 g/mol. The fourth-order valence-electron chi connectivity index (χ4n) is 13.8. The van der Waals surface area contributed by atoms with Crippen molar-refractivity contribution in [1.29, 1.82) is 0 Å². The number of rotatable bonds is 36. The molecule has 0 spiro atoms. The van der Waals surface area contributed by atoms with Crippen LogP contribution in [0.25, 0.3) is 22.3 Å². The number of hydrogen-bond acceptors (Lipinski definition) is 17. The third-order valence-electron chi connectivity index (χ3n) is 22.9. The van der Waals surface area contributed by atoms with Gasteiger partial charge >= 0.3 is 18.3 Å². The third-order valence-corrected chi connectivity index (χ3v) is 31.9. The van der Waals surface area contributed by atoms with E-state index in [1.54, 1.807) is 74.3 Å². The molecule has 27 heteroatoms. The number of hydrogen-bond donors (Lipinski definition) is 5. The van der Waals surface area contributed by atoms with Crippen LogP contribution in [0.5, 0.6) is 34.5 Å². The predicted molar refractivity (Wildman–Crippen MR) is 467 cm³/mol. The first-order valence-electron chi connectivity index (χ1n) is 40.3. The molecule has 7 amide bonds. The molecule has 0 radical (unpaired) electrons. The highest BCUT2D eigenvalue weighted by molar-refractivity contribution is 6.74. The van der Waals surface area contributed by atoms with E-state index < -0.39 is 88.6 Å². The van der Waals surface area contributed by atoms with Crippen LogP contribution in [0.3, 0.4) is 0 Å². The van der Waals surface area contributed by atoms with Crippen LogP contribution in [-0.4, -0.2) is 166 Å². The normalized spacial score (nSPS) is 15.1. The van der Waals surface area contributed by atoms with Crippen molar-refractivity contribution >= 4 is 86.8 Å². The number of carboxylic acid groups (broad SMARTS) is 1. The van der Waals surface area contributed by atoms with E-state index in [2.05, 4.69) is 95.6 Å². The molecule has 0 saturated carbocycles. The Morgan fingerprint density at radius 3 is 1.52 bits per heavy atom. The summed E-state index contributed by atoms with van der Waals surface area (Å²) in [6.07, 6.45) is 4.57. The highest BCUT2D eigenvalue weighted by Gasteiger charge is 2.44. The molecule has 10 rings (SSSR count). The van der Waals surface area contributed by atoms with Crippen molar-refractivity contribution in [3.8, 4) is 45.6 Å². The Balaban J connectivity index is 0.888. The van der Waals surface area contributed by atoms with E-state index >= 15 is 9.59 Å². The van der Waals surface area contributed by atoms with Gasteiger partial charge in [0.2, 0.25) is 11.8 Å². The Labute approximate surface area is 700 Å². The summed E-state index contributed by atoms with van der Waals surface area (Å²) in [6.45, 7) is 30.6. The van der Waals surface area contributed by atoms with Crippen LogP contribution in [0.1, 0.15) is 149 Å². The third kappa shape index (κ3) is 22.1. The largest absolute Gasteiger partial charge is 0.497 e. The molecular weight excluding hydrogens is 1550 g/mol. The van der Waals surface area contributed by atoms with Gasteiger partial charge in [0.15, 0.2) is 39.6 Å². The van der Waals surface area contributed by atoms with Gasteiger partial charge < -0.3 is 77.6 Å². The fourth-order valence-corrected chi connectivity index (χ4v) is 15.9. The smallest absolute Gasteiger partial charge is 0.411 e. The van der Waals surface area contributed by atoms with Gasteiger partial charge in [-0.2, -0.15) is 0 Å². The van der Waals surface area contributed by atoms with Gasteiger partial charge in [0.05, 0.1) is 89.5 Å². The van der Waals surface area contributed by atoms with Crippen LogP contribution >= 0.6 is 0 Å². The summed E-state index contributed by atoms with van der Waals surface area (Å²) in [7, 11) is 1.45. The van der Waals surface area contributed by atoms with E-state index in [-0.39, 0.29) is 108 Å². The van der Waals surface area contributed by atoms with Crippen LogP contribution in [0, 0.1) is 5.92 Å². The quantitative estimate of drug-likeness (QED) is 0.0139. The number of carbonyl (C=O) groups excluding carboxylic acids is 6. The van der Waals surface area contributed by atoms with Crippen LogP contribution in [0.2, 0.25) is 36.3 Å². The predicted octanol–water partition coefficient (Wildman–Crippen LogP) is 18.3. The number of benzene rings is 7. The molecule has 2 heterocycles. The standard InChI is InChI=1S/C92H115N7O18Si2/c1-19-43-114-89(105)96-83(58(2)3)85(101)93-59(4)84(100)94-65-37-31-60(32-38-65)55-115-88(104)95-77-50-81(79(110-13)48-74(77)86(102)97-52-63(61-33-39-68(108-11)40-34-61)46-66(97)56-116-118(15,16)91(5,6)7)112-44-25-20-26-45-113-82-51-78(99(90(106)107)54-76-72-29-23-21-27-70(72)71-28-22-24-30-73(71)76)75(49-80(82)111-14)87(103)98-53-64(62-35-41-69(109-12)42-36-62)47-67(98)57-117-119(17,18)92(8,9)10/h19,21-24,27-42,48-53,58-59,66-67,76,83H,1,20,25-26,43-47,54-57H2,2-18H3,(H,93,101)(H,94,100)(H,95,104)(H,96,105)(H,106,107)/t59-,66-,67-,83-/m0/s1. The SMILES string of the molecule is C=CCOC(=O)N[C@H](C(=O)N[C@@H](C)C(=O)Nc1ccc(COC(=O)Nc2cc(OCCCCCOc3cc(N(CC4c5ccccc5-c5ccccc54)C(=O)O)c(C(=O)N4C=C(c5ccc(OC)cc5)C[C@H]4CO[Si](C)(C)C(C)(C)C)cc3OC)c(OC)cc2C(=O)N2C=C(c3ccc(OC)cc3)C[C@H]2CO[Si](C)(C)C(C)(C)C)cc1)C(C)C. The summed E-state index contributed by atoms with van der Waals surface area (Å²) in [4.78, 5) is 103. The van der Waals surface area contributed by atoms with E-state index in [4.69, 9.17) is 46.7 Å². The van der Waals surface area contributed by atoms with Crippen molar-refractivity contribution in [2.45, 2.75) is 167 Å². The first-order valence-corrected chi connectivity index (χ1v) is 46.1. The maximum atomic E-state index is 15.8. The average Bonchev–Trinajstić information content (AvgIpc) is 1.63. The van der Waals surface area contributed by atoms with Crippen molar-refractivity contribution in [2.75, 3.05) is 83.6 Å². The molecule has 0 unspecified atom stereocenters. The molecular formula is C92H115N7O18Si2. The summed E-state index contributed by atoms with van der Waals surface area (Å²) < 4.78 is 60.6. The van der Waals surface area contributed by atoms with Crippen molar-refractivity contribution in [2.24, 2.45) is 5.92 Å². The molecule has 7 aromatic carbocycles. The lowest BCUT2D eigenvalue weighted by atomic mass is 9.95. The minimum atomic E-state index is -2.35. The van der Waals surface area contributed by atoms with Gasteiger partial charge in [-0.05, 0) is 180 Å². The zero-order chi connectivity index (χ0) is 86.3. The number of fused-ring (bicyclic) bond motifs is 3. The Kier molecular flexibility index (Phi) is 29.8. The van der Waals surface area contributed by atoms with E-state index in [1.807, 2.05) is 109 Å². The van der Waals surface area contributed by atoms with Gasteiger partial charge in [-0.25, -0.2) is 14.4 Å². The van der Waals surface area contributed by atoms with E-state index in [1.165, 1.54) is 44.3 Å². The van der Waals surface area contributed by atoms with Crippen LogP contribution in [0.4, 0.5) is 31.4 Å². The summed E-state index contributed by atoms with van der Waals surface area (Å²) in [5.41, 5.74) is 8.79. The number of amides is 7. The van der Waals surface area contributed by atoms with E-state index in [0.29, 0.717) is 54.9 Å². The fraction of sp³-hybridized carbons (Fsp3) is 0.402. The molecule has 634 valence electrons. The van der Waals surface area contributed by atoms with Gasteiger partial charge in [0, 0.05) is 42.7 Å². The number of carbonyl (C=O) groups is 7. The zero-order valence-corrected chi connectivity index (χ0v) is 73.5. The number of methoxy groups -OCH3 is 4. The first kappa shape index (κ1) is 89.9. The molecule has 5 N–H and O–H groups in total. The molecule has 4 atom stereocenters. The van der Waals surface area contributed by atoms with Crippen LogP contribution in [0.15, 0.2) is 171 Å². The molecule has 0 bridgehead atoms. The summed E-state index contributed by atoms with van der Waals surface area (Å²) >= 11 is 0. The average molecular weight is 1660 g/mol. The zero-order valence-electron chi connectivity index (χ0n) is 71.5. The summed E-state index contributed by atoms with van der Waals surface area (Å²) in [6, 6.07) is 41.1. The maximum absolute atomic E-state index is 15.8. The number of alkyl carbamates (subject to hydrolysis) is 1. The number of anilines is 3. The molecule has 1 aliphatic carbocycles. The van der Waals surface area contributed by atoms with Crippen LogP contribution < -0.4 is 54.6 Å². The molecule has 2 aliphatic heterocycles. The molecule has 0 saturated heterocycles. The maximum Gasteiger partial charge on any atom is 0.411 e. The first-order chi connectivity index (χ1) is 56.6. The molecule has 7 aromatic rings. The van der Waals surface area contributed by atoms with Crippen molar-refractivity contribution in [3.63, 3.8) is 0 Å². The Morgan fingerprint density at radius 1 is 0.563 bits per heavy atom. The Bertz CT molecular complexity index is 4820. The second-order valence-electron chi connectivity index (χ2n) is 33.4. The van der Waals surface area contributed by atoms with E-state index in [0.717, 1.165) is 44.5 Å². The number of ether oxygens (including phenoxy) is 8. The number of nitrogens with zero attached hydrogens (tertiary/aromatic N) is 3. The van der Waals surface area contributed by atoms with Crippen molar-refractivity contribution in [1.82, 2.24) is 20.4 Å². The molecule has 25 nitrogen and oxygen atoms in total. The van der Waals surface area contributed by atoms with Gasteiger partial charge in [0.1, 0.15) is 36.8 Å². The van der Waals surface area contributed by atoms with Crippen molar-refractivity contribution in [3.05, 3.63) is 210 Å². The van der Waals surface area contributed by atoms with Gasteiger partial charge in [-0.1, -0.05) is 153 Å². The lowest BCUT2D eigenvalue weighted by Crippen LogP contribution is -2.53. The summed E-state index contributed by atoms with van der Waals surface area (Å²) in [5, 5.41) is 22.1. The minimum Gasteiger partial charge on any atom is -0.497 e. The van der Waals surface area contributed by atoms with Gasteiger partial charge in [-0.15, -0.1) is 0 Å². The lowest BCUT2D eigenvalue weighted by Gasteiger charge is -2.38. The minimum absolute atomic E-state index is 0.0335. The van der Waals surface area contributed by atoms with Gasteiger partial charge in [-0.3, -0.25) is 29.4 Å². The second kappa shape index (κ2) is 39.4. The molecule has 119 heavy (non-hydrogen) atoms. The lowest BCUT2D eigenvalue weighted by molar-refractivity contribution is -0.128.